The van der Waals surface area contributed by atoms with Crippen molar-refractivity contribution in [2.75, 3.05) is 19.7 Å². The number of halogens is 1. The summed E-state index contributed by atoms with van der Waals surface area (Å²) in [4.78, 5) is 4.73. The Labute approximate surface area is 190 Å². The van der Waals surface area contributed by atoms with Crippen molar-refractivity contribution in [1.82, 2.24) is 25.4 Å². The van der Waals surface area contributed by atoms with E-state index in [2.05, 4.69) is 27.8 Å². The van der Waals surface area contributed by atoms with Crippen LogP contribution in [0.25, 0.3) is 5.69 Å². The largest absolute Gasteiger partial charge is 0.396 e. The summed E-state index contributed by atoms with van der Waals surface area (Å²) < 4.78 is 1.96. The second-order valence-electron chi connectivity index (χ2n) is 7.54. The third-order valence-electron chi connectivity index (χ3n) is 5.56. The zero-order valence-electron chi connectivity index (χ0n) is 17.2. The number of guanidine groups is 1. The minimum atomic E-state index is 0. The summed E-state index contributed by atoms with van der Waals surface area (Å²) in [6.07, 6.45) is 8.70. The summed E-state index contributed by atoms with van der Waals surface area (Å²) in [7, 11) is 0. The van der Waals surface area contributed by atoms with Crippen LogP contribution in [0.5, 0.6) is 0 Å². The molecule has 0 radical (unpaired) electrons. The van der Waals surface area contributed by atoms with E-state index >= 15 is 0 Å². The van der Waals surface area contributed by atoms with E-state index < -0.39 is 0 Å². The zero-order chi connectivity index (χ0) is 19.7. The van der Waals surface area contributed by atoms with E-state index in [1.807, 2.05) is 34.9 Å². The van der Waals surface area contributed by atoms with Gasteiger partial charge in [0.15, 0.2) is 11.8 Å². The van der Waals surface area contributed by atoms with Crippen LogP contribution in [0.2, 0.25) is 0 Å². The molecular formula is C21H33IN6O. The van der Waals surface area contributed by atoms with Crippen LogP contribution >= 0.6 is 24.0 Å². The average Bonchev–Trinajstić information content (AvgIpc) is 3.20. The molecule has 0 saturated heterocycles. The summed E-state index contributed by atoms with van der Waals surface area (Å²) in [6.45, 7) is 4.38. The van der Waals surface area contributed by atoms with Crippen molar-refractivity contribution >= 4 is 29.9 Å². The van der Waals surface area contributed by atoms with Gasteiger partial charge in [-0.25, -0.2) is 4.99 Å². The molecule has 1 aromatic carbocycles. The standard InChI is InChI=1S/C21H32N6O.HI/c1-2-22-20(24-16-21(13-14-28)11-7-4-8-12-21)23-15-19-26-25-17-27(19)18-9-5-3-6-10-18;/h3,5-6,9-10,17,28H,2,4,7-8,11-16H2,1H3,(H2,22,23,24);1H. The van der Waals surface area contributed by atoms with Gasteiger partial charge < -0.3 is 15.7 Å². The number of aliphatic hydroxyl groups is 1. The van der Waals surface area contributed by atoms with Crippen molar-refractivity contribution in [2.24, 2.45) is 10.4 Å². The van der Waals surface area contributed by atoms with Crippen molar-refractivity contribution in [1.29, 1.82) is 0 Å². The molecule has 1 saturated carbocycles. The van der Waals surface area contributed by atoms with Crippen LogP contribution in [0.1, 0.15) is 51.3 Å². The molecule has 7 nitrogen and oxygen atoms in total. The molecule has 1 aliphatic rings. The lowest BCUT2D eigenvalue weighted by atomic mass is 9.72. The molecule has 0 aliphatic heterocycles. The highest BCUT2D eigenvalue weighted by molar-refractivity contribution is 14.0. The maximum atomic E-state index is 9.53. The third kappa shape index (κ3) is 6.67. The second-order valence-corrected chi connectivity index (χ2v) is 7.54. The summed E-state index contributed by atoms with van der Waals surface area (Å²) in [5.74, 6) is 1.58. The highest BCUT2D eigenvalue weighted by Crippen LogP contribution is 2.38. The molecule has 1 fully saturated rings. The minimum Gasteiger partial charge on any atom is -0.396 e. The van der Waals surface area contributed by atoms with E-state index in [1.54, 1.807) is 6.33 Å². The van der Waals surface area contributed by atoms with Crippen LogP contribution in [-0.2, 0) is 6.54 Å². The minimum absolute atomic E-state index is 0. The van der Waals surface area contributed by atoms with E-state index in [1.165, 1.54) is 32.1 Å². The number of aromatic nitrogens is 3. The summed E-state index contributed by atoms with van der Waals surface area (Å²) in [5, 5.41) is 24.6. The van der Waals surface area contributed by atoms with Gasteiger partial charge in [0, 0.05) is 25.4 Å². The highest BCUT2D eigenvalue weighted by atomic mass is 127. The lowest BCUT2D eigenvalue weighted by molar-refractivity contribution is 0.131. The molecular weight excluding hydrogens is 479 g/mol. The lowest BCUT2D eigenvalue weighted by Crippen LogP contribution is -2.45. The molecule has 0 spiro atoms. The fourth-order valence-corrected chi connectivity index (χ4v) is 3.99. The zero-order valence-corrected chi connectivity index (χ0v) is 19.5. The SMILES string of the molecule is CCNC(=NCc1nncn1-c1ccccc1)NCC1(CCO)CCCCC1.I. The molecule has 0 amide bonds. The van der Waals surface area contributed by atoms with Gasteiger partial charge in [-0.05, 0) is 43.7 Å². The van der Waals surface area contributed by atoms with Gasteiger partial charge >= 0.3 is 0 Å². The Hall–Kier alpha value is -1.68. The van der Waals surface area contributed by atoms with Crippen molar-refractivity contribution in [3.63, 3.8) is 0 Å². The van der Waals surface area contributed by atoms with Gasteiger partial charge in [0.25, 0.3) is 0 Å². The first-order valence-corrected chi connectivity index (χ1v) is 10.3. The maximum Gasteiger partial charge on any atom is 0.191 e. The topological polar surface area (TPSA) is 87.4 Å². The monoisotopic (exact) mass is 512 g/mol. The Morgan fingerprint density at radius 3 is 2.62 bits per heavy atom. The van der Waals surface area contributed by atoms with Gasteiger partial charge in [-0.15, -0.1) is 34.2 Å². The molecule has 160 valence electrons. The van der Waals surface area contributed by atoms with Gasteiger partial charge in [0.1, 0.15) is 12.9 Å². The van der Waals surface area contributed by atoms with Gasteiger partial charge in [-0.2, -0.15) is 0 Å². The molecule has 8 heteroatoms. The second kappa shape index (κ2) is 12.1. The molecule has 1 aromatic heterocycles. The Morgan fingerprint density at radius 1 is 1.17 bits per heavy atom. The van der Waals surface area contributed by atoms with E-state index in [0.29, 0.717) is 6.54 Å². The van der Waals surface area contributed by atoms with Gasteiger partial charge in [0.05, 0.1) is 0 Å². The normalized spacial score (nSPS) is 16.1. The fraction of sp³-hybridized carbons (Fsp3) is 0.571. The number of para-hydroxylation sites is 1. The van der Waals surface area contributed by atoms with Gasteiger partial charge in [0.2, 0.25) is 0 Å². The Balaban J connectivity index is 0.00000300. The molecule has 2 aromatic rings. The quantitative estimate of drug-likeness (QED) is 0.287. The number of aliphatic imine (C=N–C) groups is 1. The molecule has 3 rings (SSSR count). The molecule has 3 N–H and O–H groups in total. The Kier molecular flexibility index (Phi) is 9.86. The van der Waals surface area contributed by atoms with E-state index in [4.69, 9.17) is 4.99 Å². The first-order chi connectivity index (χ1) is 13.8. The first kappa shape index (κ1) is 23.6. The van der Waals surface area contributed by atoms with Crippen molar-refractivity contribution in [2.45, 2.75) is 52.0 Å². The maximum absolute atomic E-state index is 9.53. The van der Waals surface area contributed by atoms with E-state index in [-0.39, 0.29) is 36.0 Å². The average molecular weight is 512 g/mol. The number of benzene rings is 1. The number of nitrogens with one attached hydrogen (secondary N) is 2. The molecule has 0 atom stereocenters. The molecule has 0 unspecified atom stereocenters. The van der Waals surface area contributed by atoms with E-state index in [0.717, 1.165) is 37.0 Å². The molecule has 29 heavy (non-hydrogen) atoms. The van der Waals surface area contributed by atoms with Crippen molar-refractivity contribution in [3.05, 3.63) is 42.5 Å². The number of hydrogen-bond donors (Lipinski definition) is 3. The Morgan fingerprint density at radius 2 is 1.93 bits per heavy atom. The molecule has 1 aliphatic carbocycles. The predicted molar refractivity (Wildman–Crippen MR) is 127 cm³/mol. The highest BCUT2D eigenvalue weighted by Gasteiger charge is 2.31. The first-order valence-electron chi connectivity index (χ1n) is 10.3. The number of nitrogens with zero attached hydrogens (tertiary/aromatic N) is 4. The fourth-order valence-electron chi connectivity index (χ4n) is 3.99. The molecule has 0 bridgehead atoms. The van der Waals surface area contributed by atoms with Gasteiger partial charge in [-0.3, -0.25) is 4.57 Å². The summed E-state index contributed by atoms with van der Waals surface area (Å²) >= 11 is 0. The summed E-state index contributed by atoms with van der Waals surface area (Å²) in [5.41, 5.74) is 1.20. The van der Waals surface area contributed by atoms with Gasteiger partial charge in [-0.1, -0.05) is 37.5 Å². The van der Waals surface area contributed by atoms with Crippen LogP contribution in [0.3, 0.4) is 0 Å². The lowest BCUT2D eigenvalue weighted by Gasteiger charge is -2.37. The van der Waals surface area contributed by atoms with E-state index in [9.17, 15) is 5.11 Å². The molecule has 1 heterocycles. The van der Waals surface area contributed by atoms with Crippen LogP contribution in [-0.4, -0.2) is 45.5 Å². The smallest absolute Gasteiger partial charge is 0.191 e. The van der Waals surface area contributed by atoms with Crippen molar-refractivity contribution < 1.29 is 5.11 Å². The van der Waals surface area contributed by atoms with Crippen LogP contribution < -0.4 is 10.6 Å². The number of rotatable bonds is 8. The third-order valence-corrected chi connectivity index (χ3v) is 5.56. The van der Waals surface area contributed by atoms with Crippen molar-refractivity contribution in [3.8, 4) is 5.69 Å². The number of aliphatic hydroxyl groups excluding tert-OH is 1. The number of hydrogen-bond acceptors (Lipinski definition) is 4. The van der Waals surface area contributed by atoms with Crippen LogP contribution in [0, 0.1) is 5.41 Å². The Bertz CT molecular complexity index is 737. The van der Waals surface area contributed by atoms with Crippen LogP contribution in [0.15, 0.2) is 41.7 Å². The predicted octanol–water partition coefficient (Wildman–Crippen LogP) is 3.27. The summed E-state index contributed by atoms with van der Waals surface area (Å²) in [6, 6.07) is 10.0. The van der Waals surface area contributed by atoms with Crippen LogP contribution in [0.4, 0.5) is 0 Å².